The lowest BCUT2D eigenvalue weighted by atomic mass is 9.96. The van der Waals surface area contributed by atoms with Gasteiger partial charge in [-0.3, -0.25) is 4.90 Å². The van der Waals surface area contributed by atoms with Gasteiger partial charge in [-0.25, -0.2) is 27.9 Å². The van der Waals surface area contributed by atoms with Gasteiger partial charge in [-0.15, -0.1) is 0 Å². The number of ether oxygens (including phenoxy) is 5. The quantitative estimate of drug-likeness (QED) is 0.119. The van der Waals surface area contributed by atoms with Crippen molar-refractivity contribution in [2.75, 3.05) is 43.8 Å². The number of hydrogen-bond acceptors (Lipinski definition) is 13. The molecule has 5 aromatic rings. The van der Waals surface area contributed by atoms with E-state index in [1.807, 2.05) is 0 Å². The van der Waals surface area contributed by atoms with Crippen LogP contribution in [0.3, 0.4) is 0 Å². The van der Waals surface area contributed by atoms with Crippen molar-refractivity contribution in [3.8, 4) is 34.6 Å². The largest absolute Gasteiger partial charge is 0.497 e. The molecule has 2 saturated heterocycles. The molecule has 1 N–H and O–H groups in total. The summed E-state index contributed by atoms with van der Waals surface area (Å²) in [6, 6.07) is 9.75. The molecule has 4 aliphatic rings. The molecule has 5 atom stereocenters. The van der Waals surface area contributed by atoms with Crippen molar-refractivity contribution in [1.82, 2.24) is 24.8 Å². The molecule has 1 aliphatic carbocycles. The molecule has 1 unspecified atom stereocenters. The minimum absolute atomic E-state index is 0.00759. The second-order valence-electron chi connectivity index (χ2n) is 19.2. The van der Waals surface area contributed by atoms with Crippen LogP contribution in [0.1, 0.15) is 62.4 Å². The number of pyridine rings is 2. The number of fused-ring (bicyclic) bond motifs is 5. The van der Waals surface area contributed by atoms with Crippen LogP contribution in [0.5, 0.6) is 23.4 Å². The lowest BCUT2D eigenvalue weighted by Crippen LogP contribution is -2.68. The Morgan fingerprint density at radius 2 is 1.51 bits per heavy atom. The molecule has 3 fully saturated rings. The van der Waals surface area contributed by atoms with Crippen LogP contribution in [0.2, 0.25) is 0 Å². The maximum atomic E-state index is 17.8. The van der Waals surface area contributed by atoms with E-state index in [2.05, 4.69) is 19.9 Å². The summed E-state index contributed by atoms with van der Waals surface area (Å²) in [7, 11) is 2.95. The fraction of sp³-hybridized carbons (Fsp3) is 0.479. The van der Waals surface area contributed by atoms with Gasteiger partial charge < -0.3 is 38.6 Å². The number of aryl methyl sites for hydroxylation is 1. The first-order valence-electron chi connectivity index (χ1n) is 22.5. The van der Waals surface area contributed by atoms with Gasteiger partial charge in [0.25, 0.3) is 5.92 Å². The number of alkyl halides is 8. The number of anilines is 2. The number of amides is 1. The van der Waals surface area contributed by atoms with Gasteiger partial charge in [0.05, 0.1) is 55.6 Å². The van der Waals surface area contributed by atoms with Crippen LogP contribution in [0.4, 0.5) is 55.9 Å². The highest BCUT2D eigenvalue weighted by atomic mass is 19.4. The number of aliphatic hydroxyl groups is 1. The summed E-state index contributed by atoms with van der Waals surface area (Å²) in [5.74, 6) is -5.52. The minimum atomic E-state index is -5.28. The van der Waals surface area contributed by atoms with Crippen molar-refractivity contribution in [3.63, 3.8) is 0 Å². The molecule has 14 nitrogen and oxygen atoms in total. The molecule has 1 saturated carbocycles. The standard InChI is InChI=1S/C48H48F9N7O7/c1-24-34(47(52,53)54)30(17-32(58-24)62(18-25-7-12-28(67-5)13-8-25)19-26-9-14-29(68-6)15-10-26)36-35(49)37-33-40(61-42(60-37)69-23-45(22-65)21-46(45,50)51)63-20-27-11-16-31(64(27)43(66)71-44(2,3)4)38(63)39(48(55,56)57)70-41(33)59-36/h7-10,12-15,17,27,31,38-39,65H,11,16,18-23H2,1-6H3/t27-,31+,38+,39-,45?/m1/s1. The number of halogens is 9. The van der Waals surface area contributed by atoms with E-state index in [1.165, 1.54) is 19.1 Å². The third kappa shape index (κ3) is 9.20. The van der Waals surface area contributed by atoms with Crippen LogP contribution in [0.25, 0.3) is 22.2 Å². The maximum absolute atomic E-state index is 17.8. The minimum Gasteiger partial charge on any atom is -0.497 e. The Balaban J connectivity index is 1.25. The van der Waals surface area contributed by atoms with Crippen LogP contribution in [0.15, 0.2) is 54.6 Å². The van der Waals surface area contributed by atoms with E-state index in [-0.39, 0.29) is 38.3 Å². The number of nitrogens with zero attached hydrogens (tertiary/aromatic N) is 7. The molecular weight excluding hydrogens is 958 g/mol. The van der Waals surface area contributed by atoms with Gasteiger partial charge >= 0.3 is 24.5 Å². The smallest absolute Gasteiger partial charge is 0.427 e. The van der Waals surface area contributed by atoms with E-state index in [9.17, 15) is 18.7 Å². The van der Waals surface area contributed by atoms with E-state index in [4.69, 9.17) is 23.7 Å². The van der Waals surface area contributed by atoms with Crippen molar-refractivity contribution < 1.29 is 73.1 Å². The highest BCUT2D eigenvalue weighted by Gasteiger charge is 2.71. The van der Waals surface area contributed by atoms with Crippen molar-refractivity contribution in [1.29, 1.82) is 0 Å². The van der Waals surface area contributed by atoms with E-state index >= 15 is 30.7 Å². The van der Waals surface area contributed by atoms with Crippen LogP contribution in [0, 0.1) is 18.2 Å². The van der Waals surface area contributed by atoms with Gasteiger partial charge in [-0.2, -0.15) is 36.3 Å². The zero-order valence-corrected chi connectivity index (χ0v) is 39.1. The molecule has 6 heterocycles. The predicted molar refractivity (Wildman–Crippen MR) is 237 cm³/mol. The van der Waals surface area contributed by atoms with E-state index < -0.39 is 136 Å². The first-order chi connectivity index (χ1) is 33.3. The van der Waals surface area contributed by atoms with Crippen molar-refractivity contribution in [3.05, 3.63) is 82.8 Å². The SMILES string of the molecule is COc1ccc(CN(Cc2ccc(OC)cc2)c2cc(-c3nc4c5c(nc(OCC6(CO)CC6(F)F)nc5c3F)N3C[C@H]5CC[C@@H]([C@H]3[C@H](C(F)(F)F)O4)N5C(=O)OC(C)(C)C)c(C(F)(F)F)c(C)n2)cc1. The van der Waals surface area contributed by atoms with Crippen LogP contribution < -0.4 is 28.7 Å². The van der Waals surface area contributed by atoms with Gasteiger partial charge in [0.1, 0.15) is 51.9 Å². The average Bonchev–Trinajstić information content (AvgIpc) is 3.77. The Kier molecular flexibility index (Phi) is 12.3. The lowest BCUT2D eigenvalue weighted by molar-refractivity contribution is -0.206. The number of benzene rings is 2. The van der Waals surface area contributed by atoms with Gasteiger partial charge in [-0.05, 0) is 82.0 Å². The molecule has 0 spiro atoms. The predicted octanol–water partition coefficient (Wildman–Crippen LogP) is 9.45. The second kappa shape index (κ2) is 17.7. The molecule has 0 radical (unpaired) electrons. The molecular formula is C48H48F9N7O7. The Morgan fingerprint density at radius 3 is 2.03 bits per heavy atom. The van der Waals surface area contributed by atoms with Gasteiger partial charge in [0.2, 0.25) is 12.0 Å². The fourth-order valence-electron chi connectivity index (χ4n) is 9.71. The van der Waals surface area contributed by atoms with Crippen LogP contribution in [-0.2, 0) is 24.0 Å². The fourth-order valence-corrected chi connectivity index (χ4v) is 9.71. The highest BCUT2D eigenvalue weighted by molar-refractivity contribution is 5.98. The van der Waals surface area contributed by atoms with Gasteiger partial charge in [0.15, 0.2) is 5.82 Å². The summed E-state index contributed by atoms with van der Waals surface area (Å²) in [5.41, 5.74) is -6.98. The summed E-state index contributed by atoms with van der Waals surface area (Å²) in [6.07, 6.45) is -14.9. The first-order valence-corrected chi connectivity index (χ1v) is 22.5. The maximum Gasteiger partial charge on any atom is 0.427 e. The number of rotatable bonds is 12. The Hall–Kier alpha value is -6.52. The lowest BCUT2D eigenvalue weighted by Gasteiger charge is -2.48. The van der Waals surface area contributed by atoms with E-state index in [0.717, 1.165) is 17.9 Å². The van der Waals surface area contributed by atoms with Crippen molar-refractivity contribution >= 4 is 28.6 Å². The zero-order chi connectivity index (χ0) is 51.2. The molecule has 9 rings (SSSR count). The number of methoxy groups -OCH3 is 2. The topological polar surface area (TPSA) is 145 Å². The van der Waals surface area contributed by atoms with Crippen molar-refractivity contribution in [2.45, 2.75) is 108 Å². The molecule has 3 aliphatic heterocycles. The molecule has 380 valence electrons. The molecule has 71 heavy (non-hydrogen) atoms. The molecule has 23 heteroatoms. The Morgan fingerprint density at radius 1 is 0.901 bits per heavy atom. The van der Waals surface area contributed by atoms with E-state index in [1.54, 1.807) is 74.2 Å². The monoisotopic (exact) mass is 1010 g/mol. The van der Waals surface area contributed by atoms with Crippen molar-refractivity contribution in [2.24, 2.45) is 5.41 Å². The zero-order valence-electron chi connectivity index (χ0n) is 39.1. The number of piperazine rings is 1. The second-order valence-corrected chi connectivity index (χ2v) is 19.2. The van der Waals surface area contributed by atoms with Crippen LogP contribution >= 0.6 is 0 Å². The Bertz CT molecular complexity index is 2800. The van der Waals surface area contributed by atoms with Crippen LogP contribution in [-0.4, -0.2) is 112 Å². The molecule has 1 amide bonds. The first kappa shape index (κ1) is 49.5. The highest BCUT2D eigenvalue weighted by Crippen LogP contribution is 2.60. The molecule has 3 aromatic heterocycles. The normalized spacial score (nSPS) is 22.4. The summed E-state index contributed by atoms with van der Waals surface area (Å²) in [6.45, 7) is 3.48. The number of carbonyl (C=O) groups is 1. The van der Waals surface area contributed by atoms with Gasteiger partial charge in [0, 0.05) is 31.6 Å². The molecule has 2 bridgehead atoms. The average molecular weight is 1010 g/mol. The number of aliphatic hydroxyl groups excluding tert-OH is 1. The summed E-state index contributed by atoms with van der Waals surface area (Å²) < 4.78 is 168. The summed E-state index contributed by atoms with van der Waals surface area (Å²) in [5, 5.41) is 9.34. The van der Waals surface area contributed by atoms with Gasteiger partial charge in [-0.1, -0.05) is 24.3 Å². The summed E-state index contributed by atoms with van der Waals surface area (Å²) in [4.78, 5) is 34.6. The summed E-state index contributed by atoms with van der Waals surface area (Å²) >= 11 is 0. The number of carbonyl (C=O) groups excluding carboxylic acids is 1. The molecule has 2 aromatic carbocycles. The Labute approximate surface area is 400 Å². The third-order valence-corrected chi connectivity index (χ3v) is 13.3. The number of aromatic nitrogens is 4. The van der Waals surface area contributed by atoms with E-state index in [0.29, 0.717) is 22.6 Å². The third-order valence-electron chi connectivity index (χ3n) is 13.3. The number of hydrogen-bond donors (Lipinski definition) is 1.